The normalized spacial score (nSPS) is 10.8. The number of carbonyl (C=O) groups excluding carboxylic acids is 1. The zero-order valence-corrected chi connectivity index (χ0v) is 12.5. The Kier molecular flexibility index (Phi) is 4.72. The molecule has 1 N–H and O–H groups in total. The van der Waals surface area contributed by atoms with Crippen LogP contribution in [0, 0.1) is 13.8 Å². The smallest absolute Gasteiger partial charge is 0.253 e. The SMILES string of the molecule is CCCCCNC(=O)c1cc2cc(C)ccc2nc1C. The average molecular weight is 270 g/mol. The molecule has 0 unspecified atom stereocenters. The lowest BCUT2D eigenvalue weighted by Gasteiger charge is -2.09. The van der Waals surface area contributed by atoms with Crippen molar-refractivity contribution in [3.05, 3.63) is 41.1 Å². The van der Waals surface area contributed by atoms with Crippen LogP contribution < -0.4 is 5.32 Å². The molecule has 0 aliphatic rings. The van der Waals surface area contributed by atoms with E-state index in [4.69, 9.17) is 0 Å². The number of benzene rings is 1. The van der Waals surface area contributed by atoms with E-state index in [1.807, 2.05) is 32.0 Å². The molecular formula is C17H22N2O. The number of rotatable bonds is 5. The van der Waals surface area contributed by atoms with E-state index in [1.54, 1.807) is 0 Å². The number of aryl methyl sites for hydroxylation is 2. The molecule has 2 rings (SSSR count). The van der Waals surface area contributed by atoms with Crippen molar-refractivity contribution in [2.45, 2.75) is 40.0 Å². The van der Waals surface area contributed by atoms with Gasteiger partial charge in [-0.3, -0.25) is 9.78 Å². The standard InChI is InChI=1S/C17H22N2O/c1-4-5-6-9-18-17(20)15-11-14-10-12(2)7-8-16(14)19-13(15)3/h7-8,10-11H,4-6,9H2,1-3H3,(H,18,20). The number of hydrogen-bond donors (Lipinski definition) is 1. The Hall–Kier alpha value is -1.90. The van der Waals surface area contributed by atoms with Gasteiger partial charge in [-0.15, -0.1) is 0 Å². The van der Waals surface area contributed by atoms with E-state index < -0.39 is 0 Å². The lowest BCUT2D eigenvalue weighted by Crippen LogP contribution is -2.25. The summed E-state index contributed by atoms with van der Waals surface area (Å²) in [5.41, 5.74) is 3.59. The summed E-state index contributed by atoms with van der Waals surface area (Å²) in [7, 11) is 0. The first-order valence-electron chi connectivity index (χ1n) is 7.28. The van der Waals surface area contributed by atoms with E-state index in [1.165, 1.54) is 5.56 Å². The minimum absolute atomic E-state index is 0.0190. The summed E-state index contributed by atoms with van der Waals surface area (Å²) in [5.74, 6) is -0.0190. The number of nitrogens with zero attached hydrogens (tertiary/aromatic N) is 1. The first-order valence-corrected chi connectivity index (χ1v) is 7.28. The molecule has 0 aliphatic carbocycles. The van der Waals surface area contributed by atoms with Gasteiger partial charge in [-0.05, 0) is 38.5 Å². The van der Waals surface area contributed by atoms with Crippen LogP contribution in [0.4, 0.5) is 0 Å². The predicted octanol–water partition coefficient (Wildman–Crippen LogP) is 3.77. The van der Waals surface area contributed by atoms with Crippen LogP contribution in [0.15, 0.2) is 24.3 Å². The maximum absolute atomic E-state index is 12.2. The zero-order chi connectivity index (χ0) is 14.5. The number of unbranched alkanes of at least 4 members (excludes halogenated alkanes) is 2. The van der Waals surface area contributed by atoms with Gasteiger partial charge in [0, 0.05) is 11.9 Å². The molecule has 0 aliphatic heterocycles. The summed E-state index contributed by atoms with van der Waals surface area (Å²) in [6.45, 7) is 6.82. The van der Waals surface area contributed by atoms with Crippen molar-refractivity contribution in [1.82, 2.24) is 10.3 Å². The average Bonchev–Trinajstić information content (AvgIpc) is 2.43. The molecule has 3 nitrogen and oxygen atoms in total. The van der Waals surface area contributed by atoms with Crippen molar-refractivity contribution in [1.29, 1.82) is 0 Å². The highest BCUT2D eigenvalue weighted by Gasteiger charge is 2.11. The minimum Gasteiger partial charge on any atom is -0.352 e. The highest BCUT2D eigenvalue weighted by Crippen LogP contribution is 2.18. The van der Waals surface area contributed by atoms with Crippen molar-refractivity contribution in [2.24, 2.45) is 0 Å². The van der Waals surface area contributed by atoms with Crippen molar-refractivity contribution in [2.75, 3.05) is 6.54 Å². The second-order valence-electron chi connectivity index (χ2n) is 5.28. The molecule has 3 heteroatoms. The topological polar surface area (TPSA) is 42.0 Å². The maximum atomic E-state index is 12.2. The van der Waals surface area contributed by atoms with Crippen molar-refractivity contribution < 1.29 is 4.79 Å². The van der Waals surface area contributed by atoms with Crippen LogP contribution in [0.1, 0.15) is 47.8 Å². The molecular weight excluding hydrogens is 248 g/mol. The summed E-state index contributed by atoms with van der Waals surface area (Å²) >= 11 is 0. The number of amides is 1. The zero-order valence-electron chi connectivity index (χ0n) is 12.5. The quantitative estimate of drug-likeness (QED) is 0.840. The van der Waals surface area contributed by atoms with Crippen molar-refractivity contribution in [3.63, 3.8) is 0 Å². The van der Waals surface area contributed by atoms with E-state index in [2.05, 4.69) is 23.3 Å². The molecule has 0 fully saturated rings. The van der Waals surface area contributed by atoms with Crippen LogP contribution in [-0.2, 0) is 0 Å². The summed E-state index contributed by atoms with van der Waals surface area (Å²) < 4.78 is 0. The van der Waals surface area contributed by atoms with Crippen molar-refractivity contribution >= 4 is 16.8 Å². The van der Waals surface area contributed by atoms with E-state index in [0.29, 0.717) is 5.56 Å². The summed E-state index contributed by atoms with van der Waals surface area (Å²) in [4.78, 5) is 16.7. The van der Waals surface area contributed by atoms with E-state index in [9.17, 15) is 4.79 Å². The molecule has 0 saturated heterocycles. The predicted molar refractivity (Wildman–Crippen MR) is 83.1 cm³/mol. The highest BCUT2D eigenvalue weighted by atomic mass is 16.1. The molecule has 1 aromatic carbocycles. The first-order chi connectivity index (χ1) is 9.61. The van der Waals surface area contributed by atoms with E-state index >= 15 is 0 Å². The van der Waals surface area contributed by atoms with Crippen LogP contribution >= 0.6 is 0 Å². The van der Waals surface area contributed by atoms with Gasteiger partial charge in [-0.2, -0.15) is 0 Å². The van der Waals surface area contributed by atoms with Gasteiger partial charge in [0.25, 0.3) is 5.91 Å². The third-order valence-corrected chi connectivity index (χ3v) is 3.47. The lowest BCUT2D eigenvalue weighted by atomic mass is 10.1. The van der Waals surface area contributed by atoms with Crippen LogP contribution in [0.25, 0.3) is 10.9 Å². The van der Waals surface area contributed by atoms with Gasteiger partial charge in [0.2, 0.25) is 0 Å². The number of pyridine rings is 1. The largest absolute Gasteiger partial charge is 0.352 e. The lowest BCUT2D eigenvalue weighted by molar-refractivity contribution is 0.0952. The third kappa shape index (κ3) is 3.35. The summed E-state index contributed by atoms with van der Waals surface area (Å²) in [6.07, 6.45) is 3.33. The Morgan fingerprint density at radius 1 is 1.20 bits per heavy atom. The number of aromatic nitrogens is 1. The Morgan fingerprint density at radius 3 is 2.75 bits per heavy atom. The fourth-order valence-electron chi connectivity index (χ4n) is 2.29. The van der Waals surface area contributed by atoms with Gasteiger partial charge in [-0.1, -0.05) is 31.4 Å². The van der Waals surface area contributed by atoms with Crippen LogP contribution in [-0.4, -0.2) is 17.4 Å². The van der Waals surface area contributed by atoms with E-state index in [-0.39, 0.29) is 5.91 Å². The second-order valence-corrected chi connectivity index (χ2v) is 5.28. The molecule has 0 radical (unpaired) electrons. The number of hydrogen-bond acceptors (Lipinski definition) is 2. The highest BCUT2D eigenvalue weighted by molar-refractivity contribution is 5.98. The molecule has 1 aromatic heterocycles. The van der Waals surface area contributed by atoms with Gasteiger partial charge in [0.15, 0.2) is 0 Å². The number of fused-ring (bicyclic) bond motifs is 1. The Bertz CT molecular complexity index is 620. The second kappa shape index (κ2) is 6.51. The van der Waals surface area contributed by atoms with Crippen LogP contribution in [0.3, 0.4) is 0 Å². The van der Waals surface area contributed by atoms with Crippen LogP contribution in [0.5, 0.6) is 0 Å². The van der Waals surface area contributed by atoms with Gasteiger partial charge >= 0.3 is 0 Å². The third-order valence-electron chi connectivity index (χ3n) is 3.47. The molecule has 0 atom stereocenters. The summed E-state index contributed by atoms with van der Waals surface area (Å²) in [6, 6.07) is 8.05. The van der Waals surface area contributed by atoms with E-state index in [0.717, 1.165) is 42.4 Å². The number of nitrogens with one attached hydrogen (secondary N) is 1. The molecule has 0 saturated carbocycles. The fraction of sp³-hybridized carbons (Fsp3) is 0.412. The minimum atomic E-state index is -0.0190. The van der Waals surface area contributed by atoms with Gasteiger partial charge in [0.05, 0.1) is 16.8 Å². The first kappa shape index (κ1) is 14.5. The molecule has 1 heterocycles. The van der Waals surface area contributed by atoms with Gasteiger partial charge in [-0.25, -0.2) is 0 Å². The molecule has 2 aromatic rings. The van der Waals surface area contributed by atoms with Gasteiger partial charge < -0.3 is 5.32 Å². The summed E-state index contributed by atoms with van der Waals surface area (Å²) in [5, 5.41) is 4.00. The fourth-order valence-corrected chi connectivity index (χ4v) is 2.29. The van der Waals surface area contributed by atoms with Gasteiger partial charge in [0.1, 0.15) is 0 Å². The molecule has 0 bridgehead atoms. The monoisotopic (exact) mass is 270 g/mol. The Morgan fingerprint density at radius 2 is 2.00 bits per heavy atom. The van der Waals surface area contributed by atoms with Crippen molar-refractivity contribution in [3.8, 4) is 0 Å². The van der Waals surface area contributed by atoms with Crippen LogP contribution in [0.2, 0.25) is 0 Å². The number of carbonyl (C=O) groups is 1. The Balaban J connectivity index is 2.20. The Labute approximate surface area is 120 Å². The molecule has 1 amide bonds. The maximum Gasteiger partial charge on any atom is 0.253 e. The molecule has 20 heavy (non-hydrogen) atoms. The molecule has 0 spiro atoms. The molecule has 106 valence electrons.